The van der Waals surface area contributed by atoms with Crippen LogP contribution in [0.25, 0.3) is 0 Å². The number of piperidine rings is 1. The molecule has 0 spiro atoms. The molecular formula is C17H26N2O. The van der Waals surface area contributed by atoms with E-state index in [1.165, 1.54) is 55.6 Å². The largest absolute Gasteiger partial charge is 0.496 e. The van der Waals surface area contributed by atoms with Crippen LogP contribution in [0.5, 0.6) is 5.75 Å². The third-order valence-electron chi connectivity index (χ3n) is 4.99. The van der Waals surface area contributed by atoms with Crippen LogP contribution in [0.3, 0.4) is 0 Å². The predicted molar refractivity (Wildman–Crippen MR) is 83.7 cm³/mol. The lowest BCUT2D eigenvalue weighted by Gasteiger charge is -2.36. The molecule has 2 unspecified atom stereocenters. The van der Waals surface area contributed by atoms with Crippen molar-refractivity contribution in [2.24, 2.45) is 0 Å². The molecule has 1 aromatic carbocycles. The van der Waals surface area contributed by atoms with E-state index in [0.29, 0.717) is 6.04 Å². The van der Waals surface area contributed by atoms with E-state index in [4.69, 9.17) is 4.74 Å². The summed E-state index contributed by atoms with van der Waals surface area (Å²) >= 11 is 0. The van der Waals surface area contributed by atoms with Gasteiger partial charge in [0.25, 0.3) is 0 Å². The molecule has 110 valence electrons. The zero-order chi connectivity index (χ0) is 14.1. The first kappa shape index (κ1) is 13.7. The summed E-state index contributed by atoms with van der Waals surface area (Å²) in [5.41, 5.74) is 3.69. The summed E-state index contributed by atoms with van der Waals surface area (Å²) in [5, 5.41) is 3.76. The fourth-order valence-corrected chi connectivity index (χ4v) is 3.87. The fraction of sp³-hybridized carbons (Fsp3) is 0.647. The van der Waals surface area contributed by atoms with Gasteiger partial charge in [-0.3, -0.25) is 0 Å². The topological polar surface area (TPSA) is 24.5 Å². The van der Waals surface area contributed by atoms with Gasteiger partial charge < -0.3 is 15.0 Å². The molecule has 0 saturated carbocycles. The van der Waals surface area contributed by atoms with Gasteiger partial charge in [0, 0.05) is 29.9 Å². The van der Waals surface area contributed by atoms with Crippen molar-refractivity contribution in [2.45, 2.75) is 51.6 Å². The lowest BCUT2D eigenvalue weighted by atomic mass is 9.96. The quantitative estimate of drug-likeness (QED) is 0.915. The number of rotatable bonds is 3. The van der Waals surface area contributed by atoms with E-state index in [0.717, 1.165) is 11.8 Å². The molecule has 2 aliphatic rings. The highest BCUT2D eigenvalue weighted by Crippen LogP contribution is 2.32. The third-order valence-corrected chi connectivity index (χ3v) is 4.99. The lowest BCUT2D eigenvalue weighted by Crippen LogP contribution is -2.42. The fourth-order valence-electron chi connectivity index (χ4n) is 3.87. The summed E-state index contributed by atoms with van der Waals surface area (Å²) in [6.45, 7) is 6.82. The lowest BCUT2D eigenvalue weighted by molar-refractivity contribution is 0.188. The van der Waals surface area contributed by atoms with Crippen molar-refractivity contribution in [1.29, 1.82) is 0 Å². The van der Waals surface area contributed by atoms with Crippen molar-refractivity contribution in [3.8, 4) is 5.75 Å². The second-order valence-corrected chi connectivity index (χ2v) is 6.29. The molecule has 2 atom stereocenters. The Bertz CT molecular complexity index is 486. The number of aryl methyl sites for hydroxylation is 1. The molecule has 3 nitrogen and oxygen atoms in total. The Hall–Kier alpha value is -1.22. The number of anilines is 1. The Morgan fingerprint density at radius 3 is 2.85 bits per heavy atom. The Balaban J connectivity index is 1.72. The molecule has 0 aromatic heterocycles. The summed E-state index contributed by atoms with van der Waals surface area (Å²) in [6, 6.07) is 5.78. The maximum atomic E-state index is 5.53. The highest BCUT2D eigenvalue weighted by Gasteiger charge is 2.31. The molecule has 20 heavy (non-hydrogen) atoms. The van der Waals surface area contributed by atoms with E-state index in [2.05, 4.69) is 36.2 Å². The van der Waals surface area contributed by atoms with E-state index in [9.17, 15) is 0 Å². The SMILES string of the molecule is COc1c(C)ccc(NC2CCN3CCCC3C2)c1C. The molecule has 0 amide bonds. The van der Waals surface area contributed by atoms with Crippen LogP contribution in [0.4, 0.5) is 5.69 Å². The van der Waals surface area contributed by atoms with E-state index in [1.54, 1.807) is 7.11 Å². The minimum Gasteiger partial charge on any atom is -0.496 e. The summed E-state index contributed by atoms with van der Waals surface area (Å²) < 4.78 is 5.53. The minimum absolute atomic E-state index is 0.612. The smallest absolute Gasteiger partial charge is 0.126 e. The van der Waals surface area contributed by atoms with Crippen molar-refractivity contribution in [2.75, 3.05) is 25.5 Å². The Morgan fingerprint density at radius 1 is 1.20 bits per heavy atom. The summed E-state index contributed by atoms with van der Waals surface area (Å²) in [5.74, 6) is 1.02. The first-order valence-corrected chi connectivity index (χ1v) is 7.84. The second-order valence-electron chi connectivity index (χ2n) is 6.29. The van der Waals surface area contributed by atoms with Gasteiger partial charge >= 0.3 is 0 Å². The Labute approximate surface area is 122 Å². The average Bonchev–Trinajstić information content (AvgIpc) is 2.90. The molecule has 0 radical (unpaired) electrons. The van der Waals surface area contributed by atoms with Gasteiger partial charge in [-0.2, -0.15) is 0 Å². The van der Waals surface area contributed by atoms with Gasteiger partial charge in [-0.1, -0.05) is 6.07 Å². The highest BCUT2D eigenvalue weighted by atomic mass is 16.5. The van der Waals surface area contributed by atoms with Crippen molar-refractivity contribution in [3.63, 3.8) is 0 Å². The minimum atomic E-state index is 0.612. The highest BCUT2D eigenvalue weighted by molar-refractivity contribution is 5.60. The van der Waals surface area contributed by atoms with Crippen molar-refractivity contribution >= 4 is 5.69 Å². The predicted octanol–water partition coefficient (Wildman–Crippen LogP) is 3.35. The molecule has 1 N–H and O–H groups in total. The van der Waals surface area contributed by atoms with Crippen LogP contribution in [0.2, 0.25) is 0 Å². The van der Waals surface area contributed by atoms with Gasteiger partial charge in [-0.05, 0) is 57.7 Å². The van der Waals surface area contributed by atoms with Crippen LogP contribution >= 0.6 is 0 Å². The number of ether oxygens (including phenoxy) is 1. The van der Waals surface area contributed by atoms with Crippen molar-refractivity contribution in [3.05, 3.63) is 23.3 Å². The number of methoxy groups -OCH3 is 1. The molecule has 2 aliphatic heterocycles. The maximum absolute atomic E-state index is 5.53. The number of fused-ring (bicyclic) bond motifs is 1. The molecule has 1 aromatic rings. The number of nitrogens with zero attached hydrogens (tertiary/aromatic N) is 1. The summed E-state index contributed by atoms with van der Waals surface area (Å²) in [4.78, 5) is 2.67. The van der Waals surface area contributed by atoms with Gasteiger partial charge in [-0.15, -0.1) is 0 Å². The van der Waals surface area contributed by atoms with E-state index >= 15 is 0 Å². The standard InChI is InChI=1S/C17H26N2O/c1-12-6-7-16(13(2)17(12)20-3)18-14-8-10-19-9-4-5-15(19)11-14/h6-7,14-15,18H,4-5,8-11H2,1-3H3. The molecule has 2 heterocycles. The van der Waals surface area contributed by atoms with Crippen LogP contribution in [-0.4, -0.2) is 37.2 Å². The van der Waals surface area contributed by atoms with Gasteiger partial charge in [0.15, 0.2) is 0 Å². The van der Waals surface area contributed by atoms with Crippen LogP contribution in [0, 0.1) is 13.8 Å². The second kappa shape index (κ2) is 5.65. The molecule has 2 fully saturated rings. The van der Waals surface area contributed by atoms with Crippen LogP contribution in [0.15, 0.2) is 12.1 Å². The average molecular weight is 274 g/mol. The van der Waals surface area contributed by atoms with Crippen LogP contribution in [-0.2, 0) is 0 Å². The maximum Gasteiger partial charge on any atom is 0.126 e. The molecule has 2 saturated heterocycles. The first-order chi connectivity index (χ1) is 9.69. The van der Waals surface area contributed by atoms with E-state index in [-0.39, 0.29) is 0 Å². The van der Waals surface area contributed by atoms with Gasteiger partial charge in [0.2, 0.25) is 0 Å². The number of nitrogens with one attached hydrogen (secondary N) is 1. The molecule has 0 bridgehead atoms. The molecule has 0 aliphatic carbocycles. The Kier molecular flexibility index (Phi) is 3.88. The van der Waals surface area contributed by atoms with Crippen molar-refractivity contribution in [1.82, 2.24) is 4.90 Å². The normalized spacial score (nSPS) is 26.4. The van der Waals surface area contributed by atoms with Crippen molar-refractivity contribution < 1.29 is 4.74 Å². The van der Waals surface area contributed by atoms with E-state index < -0.39 is 0 Å². The van der Waals surface area contributed by atoms with E-state index in [1.807, 2.05) is 0 Å². The number of benzene rings is 1. The first-order valence-electron chi connectivity index (χ1n) is 7.84. The number of hydrogen-bond donors (Lipinski definition) is 1. The Morgan fingerprint density at radius 2 is 2.05 bits per heavy atom. The zero-order valence-electron chi connectivity index (χ0n) is 12.9. The van der Waals surface area contributed by atoms with Gasteiger partial charge in [-0.25, -0.2) is 0 Å². The van der Waals surface area contributed by atoms with Gasteiger partial charge in [0.1, 0.15) is 5.75 Å². The van der Waals surface area contributed by atoms with Crippen LogP contribution < -0.4 is 10.1 Å². The summed E-state index contributed by atoms with van der Waals surface area (Å²) in [7, 11) is 1.76. The molecular weight excluding hydrogens is 248 g/mol. The third kappa shape index (κ3) is 2.51. The summed E-state index contributed by atoms with van der Waals surface area (Å²) in [6.07, 6.45) is 5.31. The molecule has 3 rings (SSSR count). The molecule has 3 heteroatoms. The number of hydrogen-bond acceptors (Lipinski definition) is 3. The monoisotopic (exact) mass is 274 g/mol. The van der Waals surface area contributed by atoms with Crippen LogP contribution in [0.1, 0.15) is 36.8 Å². The zero-order valence-corrected chi connectivity index (χ0v) is 12.9. The van der Waals surface area contributed by atoms with Gasteiger partial charge in [0.05, 0.1) is 7.11 Å².